The van der Waals surface area contributed by atoms with Crippen LogP contribution >= 0.6 is 0 Å². The molecular weight excluding hydrogens is 384 g/mol. The molecule has 2 amide bonds. The summed E-state index contributed by atoms with van der Waals surface area (Å²) in [5.41, 5.74) is 3.17. The number of nitrogens with one attached hydrogen (secondary N) is 1. The van der Waals surface area contributed by atoms with Crippen molar-refractivity contribution in [2.45, 2.75) is 38.8 Å². The summed E-state index contributed by atoms with van der Waals surface area (Å²) < 4.78 is 0. The van der Waals surface area contributed by atoms with Crippen LogP contribution in [0.5, 0.6) is 0 Å². The van der Waals surface area contributed by atoms with E-state index in [9.17, 15) is 9.59 Å². The summed E-state index contributed by atoms with van der Waals surface area (Å²) in [6, 6.07) is 29.2. The molecule has 0 aliphatic carbocycles. The number of benzene rings is 3. The lowest BCUT2D eigenvalue weighted by Gasteiger charge is -2.31. The van der Waals surface area contributed by atoms with Gasteiger partial charge in [0, 0.05) is 25.9 Å². The fourth-order valence-electron chi connectivity index (χ4n) is 3.67. The Labute approximate surface area is 184 Å². The molecule has 31 heavy (non-hydrogen) atoms. The zero-order chi connectivity index (χ0) is 21.9. The van der Waals surface area contributed by atoms with E-state index >= 15 is 0 Å². The lowest BCUT2D eigenvalue weighted by Crippen LogP contribution is -2.50. The van der Waals surface area contributed by atoms with E-state index in [0.717, 1.165) is 16.7 Å². The molecule has 4 heteroatoms. The quantitative estimate of drug-likeness (QED) is 0.535. The normalized spacial score (nSPS) is 11.5. The third-order valence-corrected chi connectivity index (χ3v) is 5.29. The lowest BCUT2D eigenvalue weighted by atomic mass is 10.0. The maximum atomic E-state index is 13.4. The van der Waals surface area contributed by atoms with E-state index in [4.69, 9.17) is 0 Å². The number of likely N-dealkylation sites (N-methyl/N-ethyl adjacent to an activating group) is 1. The lowest BCUT2D eigenvalue weighted by molar-refractivity contribution is -0.141. The van der Waals surface area contributed by atoms with Crippen LogP contribution in [0.3, 0.4) is 0 Å². The van der Waals surface area contributed by atoms with Crippen LogP contribution in [0.25, 0.3) is 0 Å². The summed E-state index contributed by atoms with van der Waals surface area (Å²) in [5, 5.41) is 2.93. The topological polar surface area (TPSA) is 49.4 Å². The van der Waals surface area contributed by atoms with Crippen LogP contribution in [0.2, 0.25) is 0 Å². The molecule has 0 aliphatic heterocycles. The Morgan fingerprint density at radius 2 is 1.29 bits per heavy atom. The van der Waals surface area contributed by atoms with Crippen molar-refractivity contribution in [3.63, 3.8) is 0 Å². The molecule has 1 N–H and O–H groups in total. The monoisotopic (exact) mass is 414 g/mol. The van der Waals surface area contributed by atoms with Gasteiger partial charge in [-0.25, -0.2) is 0 Å². The highest BCUT2D eigenvalue weighted by atomic mass is 16.2. The molecule has 0 unspecified atom stereocenters. The van der Waals surface area contributed by atoms with E-state index in [2.05, 4.69) is 5.32 Å². The Morgan fingerprint density at radius 1 is 0.774 bits per heavy atom. The number of carbonyl (C=O) groups is 2. The summed E-state index contributed by atoms with van der Waals surface area (Å²) in [6.45, 7) is 2.83. The highest BCUT2D eigenvalue weighted by molar-refractivity contribution is 5.88. The first-order chi connectivity index (χ1) is 15.2. The molecule has 3 rings (SSSR count). The Hall–Kier alpha value is -3.40. The van der Waals surface area contributed by atoms with Gasteiger partial charge in [0.2, 0.25) is 11.8 Å². The number of aryl methyl sites for hydroxylation is 1. The van der Waals surface area contributed by atoms with E-state index in [0.29, 0.717) is 32.4 Å². The van der Waals surface area contributed by atoms with Crippen molar-refractivity contribution in [2.75, 3.05) is 6.54 Å². The first-order valence-corrected chi connectivity index (χ1v) is 10.9. The van der Waals surface area contributed by atoms with Gasteiger partial charge in [0.15, 0.2) is 0 Å². The fourth-order valence-corrected chi connectivity index (χ4v) is 3.67. The third-order valence-electron chi connectivity index (χ3n) is 5.29. The first kappa shape index (κ1) is 22.3. The van der Waals surface area contributed by atoms with Crippen LogP contribution in [-0.2, 0) is 29.0 Å². The summed E-state index contributed by atoms with van der Waals surface area (Å²) in [7, 11) is 0. The number of rotatable bonds is 10. The van der Waals surface area contributed by atoms with E-state index in [-0.39, 0.29) is 11.8 Å². The van der Waals surface area contributed by atoms with Gasteiger partial charge in [-0.1, -0.05) is 91.0 Å². The summed E-state index contributed by atoms with van der Waals surface area (Å²) in [6.07, 6.45) is 1.50. The second-order valence-electron chi connectivity index (χ2n) is 7.59. The third kappa shape index (κ3) is 6.82. The summed E-state index contributed by atoms with van der Waals surface area (Å²) in [4.78, 5) is 28.2. The van der Waals surface area contributed by atoms with Crippen LogP contribution in [-0.4, -0.2) is 29.3 Å². The zero-order valence-electron chi connectivity index (χ0n) is 18.0. The maximum absolute atomic E-state index is 13.4. The number of hydrogen-bond acceptors (Lipinski definition) is 2. The summed E-state index contributed by atoms with van der Waals surface area (Å²) >= 11 is 0. The minimum Gasteiger partial charge on any atom is -0.355 e. The molecule has 3 aromatic rings. The molecule has 0 radical (unpaired) electrons. The number of amides is 2. The molecule has 0 heterocycles. The van der Waals surface area contributed by atoms with Gasteiger partial charge < -0.3 is 10.2 Å². The largest absolute Gasteiger partial charge is 0.355 e. The average molecular weight is 415 g/mol. The Kier molecular flexibility index (Phi) is 8.41. The molecule has 160 valence electrons. The SMILES string of the molecule is CCNC(=O)[C@@H](Cc1ccccc1)N(Cc1ccccc1)C(=O)CCc1ccccc1. The van der Waals surface area contributed by atoms with Gasteiger partial charge >= 0.3 is 0 Å². The van der Waals surface area contributed by atoms with Crippen molar-refractivity contribution in [3.8, 4) is 0 Å². The molecule has 0 spiro atoms. The minimum absolute atomic E-state index is 0.0140. The van der Waals surface area contributed by atoms with Gasteiger partial charge in [0.25, 0.3) is 0 Å². The second-order valence-corrected chi connectivity index (χ2v) is 7.59. The van der Waals surface area contributed by atoms with Crippen LogP contribution in [0.1, 0.15) is 30.0 Å². The maximum Gasteiger partial charge on any atom is 0.243 e. The predicted molar refractivity (Wildman–Crippen MR) is 124 cm³/mol. The van der Waals surface area contributed by atoms with E-state index < -0.39 is 6.04 Å². The van der Waals surface area contributed by atoms with Gasteiger partial charge in [-0.2, -0.15) is 0 Å². The van der Waals surface area contributed by atoms with Crippen LogP contribution < -0.4 is 5.32 Å². The van der Waals surface area contributed by atoms with Gasteiger partial charge in [0.05, 0.1) is 0 Å². The van der Waals surface area contributed by atoms with Crippen molar-refractivity contribution >= 4 is 11.8 Å². The van der Waals surface area contributed by atoms with Crippen molar-refractivity contribution in [3.05, 3.63) is 108 Å². The number of nitrogens with zero attached hydrogens (tertiary/aromatic N) is 1. The smallest absolute Gasteiger partial charge is 0.243 e. The van der Waals surface area contributed by atoms with Gasteiger partial charge in [-0.3, -0.25) is 9.59 Å². The molecule has 3 aromatic carbocycles. The fraction of sp³-hybridized carbons (Fsp3) is 0.259. The molecule has 0 aromatic heterocycles. The Balaban J connectivity index is 1.86. The van der Waals surface area contributed by atoms with Crippen molar-refractivity contribution in [2.24, 2.45) is 0 Å². The number of hydrogen-bond donors (Lipinski definition) is 1. The molecule has 0 bridgehead atoms. The van der Waals surface area contributed by atoms with E-state index in [1.807, 2.05) is 97.9 Å². The van der Waals surface area contributed by atoms with Gasteiger partial charge in [-0.15, -0.1) is 0 Å². The Bertz CT molecular complexity index is 943. The molecule has 0 fully saturated rings. The van der Waals surface area contributed by atoms with Crippen LogP contribution in [0.4, 0.5) is 0 Å². The van der Waals surface area contributed by atoms with Crippen LogP contribution in [0, 0.1) is 0 Å². The number of carbonyl (C=O) groups excluding carboxylic acids is 2. The zero-order valence-corrected chi connectivity index (χ0v) is 18.0. The standard InChI is InChI=1S/C27H30N2O2/c1-2-28-27(31)25(20-23-14-8-4-9-15-23)29(21-24-16-10-5-11-17-24)26(30)19-18-22-12-6-3-7-13-22/h3-17,25H,2,18-21H2,1H3,(H,28,31)/t25-/m1/s1. The van der Waals surface area contributed by atoms with Gasteiger partial charge in [0.1, 0.15) is 6.04 Å². The highest BCUT2D eigenvalue weighted by Gasteiger charge is 2.29. The van der Waals surface area contributed by atoms with Crippen LogP contribution in [0.15, 0.2) is 91.0 Å². The van der Waals surface area contributed by atoms with Gasteiger partial charge in [-0.05, 0) is 30.0 Å². The Morgan fingerprint density at radius 3 is 1.84 bits per heavy atom. The van der Waals surface area contributed by atoms with E-state index in [1.54, 1.807) is 4.90 Å². The molecule has 0 saturated heterocycles. The average Bonchev–Trinajstić information content (AvgIpc) is 2.82. The molecular formula is C27H30N2O2. The molecule has 4 nitrogen and oxygen atoms in total. The summed E-state index contributed by atoms with van der Waals surface area (Å²) in [5.74, 6) is -0.129. The minimum atomic E-state index is -0.564. The van der Waals surface area contributed by atoms with E-state index in [1.165, 1.54) is 0 Å². The highest BCUT2D eigenvalue weighted by Crippen LogP contribution is 2.17. The molecule has 0 aliphatic rings. The predicted octanol–water partition coefficient (Wildman–Crippen LogP) is 4.40. The first-order valence-electron chi connectivity index (χ1n) is 10.9. The van der Waals surface area contributed by atoms with Crippen molar-refractivity contribution in [1.82, 2.24) is 10.2 Å². The van der Waals surface area contributed by atoms with Crippen molar-refractivity contribution in [1.29, 1.82) is 0 Å². The van der Waals surface area contributed by atoms with Crippen molar-refractivity contribution < 1.29 is 9.59 Å². The second kappa shape index (κ2) is 11.7. The molecule has 1 atom stereocenters. The molecule has 0 saturated carbocycles.